The van der Waals surface area contributed by atoms with Crippen molar-refractivity contribution in [1.29, 1.82) is 5.26 Å². The molecule has 8 nitrogen and oxygen atoms in total. The summed E-state index contributed by atoms with van der Waals surface area (Å²) in [5.41, 5.74) is 0.771. The van der Waals surface area contributed by atoms with Gasteiger partial charge in [-0.2, -0.15) is 5.26 Å². The predicted molar refractivity (Wildman–Crippen MR) is 116 cm³/mol. The topological polar surface area (TPSA) is 99.9 Å². The highest BCUT2D eigenvalue weighted by Crippen LogP contribution is 2.26. The summed E-state index contributed by atoms with van der Waals surface area (Å²) in [6.07, 6.45) is 1.08. The van der Waals surface area contributed by atoms with Crippen LogP contribution in [0.1, 0.15) is 15.9 Å². The summed E-state index contributed by atoms with van der Waals surface area (Å²) in [6, 6.07) is 10.4. The van der Waals surface area contributed by atoms with Crippen LogP contribution in [0.3, 0.4) is 0 Å². The van der Waals surface area contributed by atoms with Gasteiger partial charge >= 0.3 is 0 Å². The highest BCUT2D eigenvalue weighted by Gasteiger charge is 2.27. The number of benzene rings is 2. The first-order valence-electron chi connectivity index (χ1n) is 9.94. The fraction of sp³-hybridized carbons (Fsp3) is 0.364. The molecule has 2 aromatic rings. The van der Waals surface area contributed by atoms with E-state index in [0.29, 0.717) is 38.5 Å². The highest BCUT2D eigenvalue weighted by atomic mass is 32.2. The van der Waals surface area contributed by atoms with E-state index in [4.69, 9.17) is 14.7 Å². The number of hydrogen-bond donors (Lipinski definition) is 0. The molecule has 10 heteroatoms. The van der Waals surface area contributed by atoms with Crippen molar-refractivity contribution in [2.75, 3.05) is 57.7 Å². The Morgan fingerprint density at radius 3 is 2.44 bits per heavy atom. The summed E-state index contributed by atoms with van der Waals surface area (Å²) in [6.45, 7) is 1.94. The van der Waals surface area contributed by atoms with Crippen LogP contribution in [0.25, 0.3) is 0 Å². The average Bonchev–Trinajstić information content (AvgIpc) is 2.78. The molecule has 1 heterocycles. The summed E-state index contributed by atoms with van der Waals surface area (Å²) in [5, 5.41) is 8.90. The lowest BCUT2D eigenvalue weighted by molar-refractivity contribution is 0.0739. The van der Waals surface area contributed by atoms with E-state index in [1.807, 2.05) is 11.0 Å². The number of hydrogen-bond acceptors (Lipinski definition) is 7. The predicted octanol–water partition coefficient (Wildman–Crippen LogP) is 2.09. The van der Waals surface area contributed by atoms with Gasteiger partial charge in [0.25, 0.3) is 5.91 Å². The van der Waals surface area contributed by atoms with E-state index < -0.39 is 15.7 Å². The van der Waals surface area contributed by atoms with Crippen molar-refractivity contribution in [3.05, 3.63) is 53.3 Å². The smallest absolute Gasteiger partial charge is 0.257 e. The number of carbonyl (C=O) groups is 1. The van der Waals surface area contributed by atoms with Gasteiger partial charge in [-0.3, -0.25) is 4.79 Å². The van der Waals surface area contributed by atoms with Gasteiger partial charge in [-0.25, -0.2) is 12.8 Å². The van der Waals surface area contributed by atoms with E-state index in [-0.39, 0.29) is 34.3 Å². The second-order valence-corrected chi connectivity index (χ2v) is 9.34. The minimum absolute atomic E-state index is 0.0261. The van der Waals surface area contributed by atoms with Crippen LogP contribution in [-0.2, 0) is 14.6 Å². The molecule has 1 fully saturated rings. The summed E-state index contributed by atoms with van der Waals surface area (Å²) < 4.78 is 48.9. The normalized spacial score (nSPS) is 14.2. The first-order chi connectivity index (χ1) is 15.2. The maximum Gasteiger partial charge on any atom is 0.257 e. The van der Waals surface area contributed by atoms with E-state index >= 15 is 0 Å². The van der Waals surface area contributed by atoms with E-state index in [0.717, 1.165) is 6.26 Å². The molecule has 1 aliphatic rings. The van der Waals surface area contributed by atoms with Crippen LogP contribution in [0.2, 0.25) is 0 Å². The van der Waals surface area contributed by atoms with E-state index in [2.05, 4.69) is 0 Å². The molecular weight excluding hydrogens is 437 g/mol. The van der Waals surface area contributed by atoms with Crippen molar-refractivity contribution in [3.8, 4) is 11.8 Å². The Hall–Kier alpha value is -3.16. The Morgan fingerprint density at radius 1 is 1.12 bits per heavy atom. The third-order valence-corrected chi connectivity index (χ3v) is 6.25. The maximum absolute atomic E-state index is 14.3. The van der Waals surface area contributed by atoms with Crippen molar-refractivity contribution < 1.29 is 27.1 Å². The number of nitrogens with zero attached hydrogens (tertiary/aromatic N) is 3. The number of nitriles is 1. The first kappa shape index (κ1) is 23.5. The fourth-order valence-electron chi connectivity index (χ4n) is 3.42. The van der Waals surface area contributed by atoms with Gasteiger partial charge < -0.3 is 19.3 Å². The van der Waals surface area contributed by atoms with Crippen molar-refractivity contribution >= 4 is 21.4 Å². The molecule has 2 aromatic carbocycles. The largest absolute Gasteiger partial charge is 0.490 e. The molecule has 0 bridgehead atoms. The van der Waals surface area contributed by atoms with Crippen LogP contribution in [0, 0.1) is 17.1 Å². The molecule has 1 amide bonds. The molecule has 0 aliphatic carbocycles. The van der Waals surface area contributed by atoms with E-state index in [1.54, 1.807) is 17.0 Å². The Balaban J connectivity index is 1.78. The first-order valence-corrected chi connectivity index (χ1v) is 11.8. The molecule has 1 saturated heterocycles. The summed E-state index contributed by atoms with van der Waals surface area (Å²) in [7, 11) is -1.98. The lowest BCUT2D eigenvalue weighted by Crippen LogP contribution is -2.49. The zero-order valence-corrected chi connectivity index (χ0v) is 18.7. The van der Waals surface area contributed by atoms with Crippen LogP contribution < -0.4 is 9.64 Å². The van der Waals surface area contributed by atoms with Gasteiger partial charge in [0.15, 0.2) is 9.84 Å². The minimum Gasteiger partial charge on any atom is -0.490 e. The van der Waals surface area contributed by atoms with Gasteiger partial charge in [0.2, 0.25) is 0 Å². The SMILES string of the molecule is COCCOc1ccc(S(C)(=O)=O)cc1C(=O)N1CCN(c2ccc(C#N)cc2F)CC1. The van der Waals surface area contributed by atoms with Crippen LogP contribution in [-0.4, -0.2) is 72.0 Å². The zero-order chi connectivity index (χ0) is 23.3. The third-order valence-electron chi connectivity index (χ3n) is 5.14. The molecule has 0 spiro atoms. The molecule has 0 aromatic heterocycles. The number of carbonyl (C=O) groups excluding carboxylic acids is 1. The van der Waals surface area contributed by atoms with Crippen molar-refractivity contribution in [2.45, 2.75) is 4.90 Å². The zero-order valence-electron chi connectivity index (χ0n) is 17.9. The number of amides is 1. The summed E-state index contributed by atoms with van der Waals surface area (Å²) in [4.78, 5) is 16.6. The molecule has 0 saturated carbocycles. The van der Waals surface area contributed by atoms with Gasteiger partial charge in [-0.15, -0.1) is 0 Å². The molecule has 0 atom stereocenters. The number of ether oxygens (including phenoxy) is 2. The lowest BCUT2D eigenvalue weighted by atomic mass is 10.1. The minimum atomic E-state index is -3.51. The highest BCUT2D eigenvalue weighted by molar-refractivity contribution is 7.90. The van der Waals surface area contributed by atoms with E-state index in [9.17, 15) is 17.6 Å². The Bertz CT molecular complexity index is 1140. The van der Waals surface area contributed by atoms with Crippen LogP contribution in [0.15, 0.2) is 41.3 Å². The van der Waals surface area contributed by atoms with Gasteiger partial charge in [0, 0.05) is 39.5 Å². The van der Waals surface area contributed by atoms with Crippen molar-refractivity contribution in [3.63, 3.8) is 0 Å². The van der Waals surface area contributed by atoms with Gasteiger partial charge in [-0.05, 0) is 36.4 Å². The maximum atomic E-state index is 14.3. The van der Waals surface area contributed by atoms with Crippen molar-refractivity contribution in [1.82, 2.24) is 4.90 Å². The van der Waals surface area contributed by atoms with Crippen LogP contribution >= 0.6 is 0 Å². The quantitative estimate of drug-likeness (QED) is 0.582. The summed E-state index contributed by atoms with van der Waals surface area (Å²) >= 11 is 0. The molecule has 1 aliphatic heterocycles. The van der Waals surface area contributed by atoms with Crippen molar-refractivity contribution in [2.24, 2.45) is 0 Å². The van der Waals surface area contributed by atoms with Crippen LogP contribution in [0.5, 0.6) is 5.75 Å². The van der Waals surface area contributed by atoms with Crippen LogP contribution in [0.4, 0.5) is 10.1 Å². The average molecular weight is 462 g/mol. The molecule has 32 heavy (non-hydrogen) atoms. The number of halogens is 1. The van der Waals surface area contributed by atoms with Gasteiger partial charge in [0.1, 0.15) is 18.2 Å². The standard InChI is InChI=1S/C22H24FN3O5S/c1-30-11-12-31-21-6-4-17(32(2,28)29)14-18(21)22(27)26-9-7-25(8-10-26)20-5-3-16(15-24)13-19(20)23/h3-6,13-14H,7-12H2,1-2H3. The van der Waals surface area contributed by atoms with E-state index in [1.165, 1.54) is 31.4 Å². The number of rotatable bonds is 7. The second kappa shape index (κ2) is 9.97. The summed E-state index contributed by atoms with van der Waals surface area (Å²) in [5.74, 6) is -0.568. The lowest BCUT2D eigenvalue weighted by Gasteiger charge is -2.36. The Morgan fingerprint density at radius 2 is 1.84 bits per heavy atom. The van der Waals surface area contributed by atoms with Gasteiger partial charge in [-0.1, -0.05) is 0 Å². The monoisotopic (exact) mass is 461 g/mol. The molecule has 0 radical (unpaired) electrons. The fourth-order valence-corrected chi connectivity index (χ4v) is 4.07. The molecule has 170 valence electrons. The second-order valence-electron chi connectivity index (χ2n) is 7.33. The molecular formula is C22H24FN3O5S. The Labute approximate surface area is 186 Å². The molecule has 0 unspecified atom stereocenters. The third kappa shape index (κ3) is 5.36. The Kier molecular flexibility index (Phi) is 7.33. The number of piperazine rings is 1. The number of anilines is 1. The number of sulfone groups is 1. The van der Waals surface area contributed by atoms with Gasteiger partial charge in [0.05, 0.1) is 34.4 Å². The molecule has 0 N–H and O–H groups in total. The number of methoxy groups -OCH3 is 1. The molecule has 3 rings (SSSR count).